The minimum atomic E-state index is -4.41. The number of hydrogen-bond acceptors (Lipinski definition) is 6. The van der Waals surface area contributed by atoms with E-state index in [1.165, 1.54) is 26.0 Å². The molecule has 204 valence electrons. The summed E-state index contributed by atoms with van der Waals surface area (Å²) in [6.45, 7) is 5.62. The fraction of sp³-hybridized carbons (Fsp3) is 0.276. The van der Waals surface area contributed by atoms with Crippen molar-refractivity contribution in [1.82, 2.24) is 10.1 Å². The van der Waals surface area contributed by atoms with Crippen LogP contribution in [0, 0.1) is 6.92 Å². The molecule has 7 nitrogen and oxygen atoms in total. The topological polar surface area (TPSA) is 88.7 Å². The average molecular weight is 540 g/mol. The zero-order chi connectivity index (χ0) is 28.2. The molecule has 0 aliphatic rings. The van der Waals surface area contributed by atoms with Crippen LogP contribution in [0.4, 0.5) is 19.1 Å². The number of anilines is 1. The summed E-state index contributed by atoms with van der Waals surface area (Å²) in [7, 11) is 0. The summed E-state index contributed by atoms with van der Waals surface area (Å²) in [5.41, 5.74) is 1.36. The van der Waals surface area contributed by atoms with E-state index in [0.29, 0.717) is 36.1 Å². The van der Waals surface area contributed by atoms with Gasteiger partial charge in [-0.1, -0.05) is 42.0 Å². The molecule has 4 rings (SSSR count). The highest BCUT2D eigenvalue weighted by Crippen LogP contribution is 2.30. The number of benzene rings is 3. The van der Waals surface area contributed by atoms with Gasteiger partial charge in [0, 0.05) is 18.7 Å². The largest absolute Gasteiger partial charge is 0.478 e. The van der Waals surface area contributed by atoms with Crippen LogP contribution < -0.4 is 9.64 Å². The highest BCUT2D eigenvalue weighted by Gasteiger charge is 2.30. The van der Waals surface area contributed by atoms with Gasteiger partial charge in [-0.2, -0.15) is 18.2 Å². The zero-order valence-electron chi connectivity index (χ0n) is 21.7. The zero-order valence-corrected chi connectivity index (χ0v) is 21.7. The fourth-order valence-corrected chi connectivity index (χ4v) is 3.75. The van der Waals surface area contributed by atoms with Crippen molar-refractivity contribution in [2.75, 3.05) is 11.4 Å². The van der Waals surface area contributed by atoms with E-state index in [0.717, 1.165) is 28.8 Å². The van der Waals surface area contributed by atoms with Crippen molar-refractivity contribution >= 4 is 11.9 Å². The number of ether oxygens (including phenoxy) is 1. The summed E-state index contributed by atoms with van der Waals surface area (Å²) >= 11 is 0. The summed E-state index contributed by atoms with van der Waals surface area (Å²) in [5.74, 6) is 0.00266. The predicted molar refractivity (Wildman–Crippen MR) is 139 cm³/mol. The van der Waals surface area contributed by atoms with Crippen molar-refractivity contribution in [1.29, 1.82) is 0 Å². The Morgan fingerprint density at radius 2 is 1.56 bits per heavy atom. The van der Waals surface area contributed by atoms with Gasteiger partial charge in [0.25, 0.3) is 11.8 Å². The molecule has 1 N–H and O–H groups in total. The molecule has 1 aromatic heterocycles. The van der Waals surface area contributed by atoms with Gasteiger partial charge in [0.15, 0.2) is 5.60 Å². The van der Waals surface area contributed by atoms with Gasteiger partial charge in [0.2, 0.25) is 0 Å². The molecule has 0 unspecified atom stereocenters. The Bertz CT molecular complexity index is 1400. The number of aryl methyl sites for hydroxylation is 1. The summed E-state index contributed by atoms with van der Waals surface area (Å²) in [4.78, 5) is 17.7. The van der Waals surface area contributed by atoms with Crippen molar-refractivity contribution in [3.63, 3.8) is 0 Å². The van der Waals surface area contributed by atoms with Crippen molar-refractivity contribution in [3.8, 4) is 17.2 Å². The maximum Gasteiger partial charge on any atom is 0.416 e. The second-order valence-corrected chi connectivity index (χ2v) is 9.69. The molecule has 39 heavy (non-hydrogen) atoms. The average Bonchev–Trinajstić information content (AvgIpc) is 3.37. The highest BCUT2D eigenvalue weighted by molar-refractivity contribution is 5.76. The van der Waals surface area contributed by atoms with E-state index in [1.54, 1.807) is 12.1 Å². The minimum absolute atomic E-state index is 0.263. The Hall–Kier alpha value is -4.34. The normalized spacial score (nSPS) is 11.8. The summed E-state index contributed by atoms with van der Waals surface area (Å²) in [5, 5.41) is 13.4. The van der Waals surface area contributed by atoms with Crippen molar-refractivity contribution in [2.24, 2.45) is 0 Å². The van der Waals surface area contributed by atoms with Gasteiger partial charge in [-0.3, -0.25) is 0 Å². The highest BCUT2D eigenvalue weighted by atomic mass is 19.4. The lowest BCUT2D eigenvalue weighted by Crippen LogP contribution is -2.37. The second kappa shape index (κ2) is 11.2. The standard InChI is InChI=1S/C29H28F3N3O4/c1-19-4-10-22(11-5-19)25-33-27(34-39-25)35(18-21-6-12-23(13-7-21)29(30,31)32)17-16-20-8-14-24(15-9-20)38-28(2,3)26(36)37/h4-15H,16-18H2,1-3H3,(H,36,37). The molecule has 0 aliphatic heterocycles. The molecule has 0 atom stereocenters. The molecule has 0 fully saturated rings. The first-order valence-corrected chi connectivity index (χ1v) is 12.2. The molecular weight excluding hydrogens is 511 g/mol. The molecule has 1 heterocycles. The molecule has 4 aromatic rings. The molecule has 0 aliphatic carbocycles. The minimum Gasteiger partial charge on any atom is -0.478 e. The predicted octanol–water partition coefficient (Wildman–Crippen LogP) is 6.56. The van der Waals surface area contributed by atoms with Gasteiger partial charge in [0.05, 0.1) is 5.56 Å². The first-order chi connectivity index (χ1) is 18.4. The van der Waals surface area contributed by atoms with Crippen molar-refractivity contribution in [3.05, 3.63) is 95.1 Å². The van der Waals surface area contributed by atoms with Gasteiger partial charge >= 0.3 is 12.1 Å². The first-order valence-electron chi connectivity index (χ1n) is 12.2. The van der Waals surface area contributed by atoms with Crippen LogP contribution in [0.15, 0.2) is 77.3 Å². The van der Waals surface area contributed by atoms with Crippen molar-refractivity contribution in [2.45, 2.75) is 45.5 Å². The number of aliphatic carboxylic acids is 1. The van der Waals surface area contributed by atoms with Crippen LogP contribution in [0.1, 0.15) is 36.1 Å². The summed E-state index contributed by atoms with van der Waals surface area (Å²) in [6.07, 6.45) is -3.86. The lowest BCUT2D eigenvalue weighted by atomic mass is 10.1. The number of rotatable bonds is 10. The Labute approximate surface area is 223 Å². The van der Waals surface area contributed by atoms with Crippen LogP contribution in [0.2, 0.25) is 0 Å². The van der Waals surface area contributed by atoms with Gasteiger partial charge in [-0.15, -0.1) is 0 Å². The maximum atomic E-state index is 13.0. The van der Waals surface area contributed by atoms with E-state index in [1.807, 2.05) is 48.2 Å². The third-order valence-electron chi connectivity index (χ3n) is 6.13. The molecule has 0 saturated heterocycles. The van der Waals surface area contributed by atoms with E-state index in [4.69, 9.17) is 9.26 Å². The van der Waals surface area contributed by atoms with Crippen LogP contribution in [0.5, 0.6) is 5.75 Å². The molecular formula is C29H28F3N3O4. The third kappa shape index (κ3) is 7.16. The number of nitrogens with zero attached hydrogens (tertiary/aromatic N) is 3. The Balaban J connectivity index is 1.52. The Morgan fingerprint density at radius 3 is 2.15 bits per heavy atom. The lowest BCUT2D eigenvalue weighted by molar-refractivity contribution is -0.152. The second-order valence-electron chi connectivity index (χ2n) is 9.69. The van der Waals surface area contributed by atoms with Gasteiger partial charge in [-0.05, 0) is 79.9 Å². The molecule has 10 heteroatoms. The van der Waals surface area contributed by atoms with Crippen LogP contribution >= 0.6 is 0 Å². The van der Waals surface area contributed by atoms with E-state index < -0.39 is 23.3 Å². The number of hydrogen-bond donors (Lipinski definition) is 1. The molecule has 0 bridgehead atoms. The van der Waals surface area contributed by atoms with E-state index in [-0.39, 0.29) is 6.54 Å². The number of aromatic nitrogens is 2. The quantitative estimate of drug-likeness (QED) is 0.244. The van der Waals surface area contributed by atoms with Crippen LogP contribution in [0.25, 0.3) is 11.5 Å². The van der Waals surface area contributed by atoms with Crippen molar-refractivity contribution < 1.29 is 32.3 Å². The molecule has 0 amide bonds. The van der Waals surface area contributed by atoms with E-state index >= 15 is 0 Å². The third-order valence-corrected chi connectivity index (χ3v) is 6.13. The summed E-state index contributed by atoms with van der Waals surface area (Å²) < 4.78 is 50.1. The monoisotopic (exact) mass is 539 g/mol. The fourth-order valence-electron chi connectivity index (χ4n) is 3.75. The molecule has 0 saturated carbocycles. The van der Waals surface area contributed by atoms with Crippen LogP contribution in [-0.4, -0.2) is 33.4 Å². The number of carbonyl (C=O) groups is 1. The SMILES string of the molecule is Cc1ccc(-c2nc(N(CCc3ccc(OC(C)(C)C(=O)O)cc3)Cc3ccc(C(F)(F)F)cc3)no2)cc1. The van der Waals surface area contributed by atoms with E-state index in [9.17, 15) is 23.1 Å². The van der Waals surface area contributed by atoms with Crippen LogP contribution in [-0.2, 0) is 23.9 Å². The van der Waals surface area contributed by atoms with Gasteiger partial charge in [0.1, 0.15) is 5.75 Å². The first kappa shape index (κ1) is 27.7. The number of carboxylic acids is 1. The molecule has 0 radical (unpaired) electrons. The number of halogens is 3. The number of carboxylic acid groups (broad SMARTS) is 1. The van der Waals surface area contributed by atoms with E-state index in [2.05, 4.69) is 10.1 Å². The lowest BCUT2D eigenvalue weighted by Gasteiger charge is -2.22. The van der Waals surface area contributed by atoms with Crippen LogP contribution in [0.3, 0.4) is 0 Å². The smallest absolute Gasteiger partial charge is 0.416 e. The Kier molecular flexibility index (Phi) is 7.94. The van der Waals surface area contributed by atoms with Gasteiger partial charge < -0.3 is 19.3 Å². The summed E-state index contributed by atoms with van der Waals surface area (Å²) in [6, 6.07) is 19.7. The van der Waals surface area contributed by atoms with Gasteiger partial charge in [-0.25, -0.2) is 4.79 Å². The Morgan fingerprint density at radius 1 is 0.949 bits per heavy atom. The molecule has 0 spiro atoms. The molecule has 3 aromatic carbocycles. The maximum absolute atomic E-state index is 13.0. The number of alkyl halides is 3.